The van der Waals surface area contributed by atoms with Gasteiger partial charge < -0.3 is 15.2 Å². The summed E-state index contributed by atoms with van der Waals surface area (Å²) in [4.78, 5) is 25.7. The molecule has 114 valence electrons. The summed E-state index contributed by atoms with van der Waals surface area (Å²) in [5.41, 5.74) is 4.51. The van der Waals surface area contributed by atoms with Gasteiger partial charge in [0, 0.05) is 12.4 Å². The Kier molecular flexibility index (Phi) is 4.06. The second-order valence-corrected chi connectivity index (χ2v) is 5.86. The number of H-pyrrole nitrogens is 1. The molecule has 0 aliphatic rings. The lowest BCUT2D eigenvalue weighted by atomic mass is 10.3. The van der Waals surface area contributed by atoms with Crippen molar-refractivity contribution in [3.05, 3.63) is 46.7 Å². The Morgan fingerprint density at radius 1 is 1.45 bits per heavy atom. The number of amides is 2. The predicted molar refractivity (Wildman–Crippen MR) is 86.6 cm³/mol. The van der Waals surface area contributed by atoms with Gasteiger partial charge in [-0.05, 0) is 19.1 Å². The van der Waals surface area contributed by atoms with Crippen molar-refractivity contribution in [3.63, 3.8) is 0 Å². The molecule has 0 saturated heterocycles. The summed E-state index contributed by atoms with van der Waals surface area (Å²) in [6.45, 7) is 2.40. The van der Waals surface area contributed by atoms with Gasteiger partial charge in [-0.25, -0.2) is 14.8 Å². The van der Waals surface area contributed by atoms with Crippen LogP contribution in [0.1, 0.15) is 24.5 Å². The lowest BCUT2D eigenvalue weighted by molar-refractivity contribution is 0.202. The molecular formula is C15H17N5OS. The van der Waals surface area contributed by atoms with E-state index in [9.17, 15) is 4.79 Å². The monoisotopic (exact) mass is 315 g/mol. The van der Waals surface area contributed by atoms with Crippen LogP contribution in [0, 0.1) is 0 Å². The molecule has 2 N–H and O–H groups in total. The van der Waals surface area contributed by atoms with E-state index < -0.39 is 0 Å². The number of hydrogen-bond acceptors (Lipinski definition) is 4. The summed E-state index contributed by atoms with van der Waals surface area (Å²) in [6.07, 6.45) is 0. The van der Waals surface area contributed by atoms with Gasteiger partial charge in [0.25, 0.3) is 0 Å². The van der Waals surface area contributed by atoms with Crippen LogP contribution < -0.4 is 5.32 Å². The molecule has 0 radical (unpaired) electrons. The normalized spacial score (nSPS) is 12.3. The molecule has 2 heterocycles. The molecule has 0 fully saturated rings. The van der Waals surface area contributed by atoms with E-state index in [1.807, 2.05) is 36.6 Å². The molecule has 6 nitrogen and oxygen atoms in total. The van der Waals surface area contributed by atoms with Crippen LogP contribution in [-0.2, 0) is 6.54 Å². The van der Waals surface area contributed by atoms with Crippen LogP contribution in [0.2, 0.25) is 0 Å². The molecule has 22 heavy (non-hydrogen) atoms. The highest BCUT2D eigenvalue weighted by Gasteiger charge is 2.16. The van der Waals surface area contributed by atoms with E-state index in [0.717, 1.165) is 22.6 Å². The first kappa shape index (κ1) is 14.5. The van der Waals surface area contributed by atoms with E-state index in [1.165, 1.54) is 11.3 Å². The summed E-state index contributed by atoms with van der Waals surface area (Å²) >= 11 is 1.52. The molecule has 0 spiro atoms. The van der Waals surface area contributed by atoms with Crippen molar-refractivity contribution in [2.75, 3.05) is 7.05 Å². The summed E-state index contributed by atoms with van der Waals surface area (Å²) in [6, 6.07) is 7.46. The molecule has 2 aromatic heterocycles. The number of thiazole rings is 1. The second kappa shape index (κ2) is 6.15. The second-order valence-electron chi connectivity index (χ2n) is 5.15. The molecule has 0 saturated carbocycles. The van der Waals surface area contributed by atoms with E-state index >= 15 is 0 Å². The number of nitrogens with zero attached hydrogens (tertiary/aromatic N) is 3. The minimum atomic E-state index is -0.196. The maximum Gasteiger partial charge on any atom is 0.318 e. The highest BCUT2D eigenvalue weighted by atomic mass is 32.1. The van der Waals surface area contributed by atoms with Crippen LogP contribution in [0.15, 0.2) is 35.2 Å². The zero-order valence-electron chi connectivity index (χ0n) is 12.4. The Morgan fingerprint density at radius 3 is 3.00 bits per heavy atom. The smallest absolute Gasteiger partial charge is 0.318 e. The zero-order chi connectivity index (χ0) is 15.5. The van der Waals surface area contributed by atoms with Gasteiger partial charge >= 0.3 is 6.03 Å². The average molecular weight is 315 g/mol. The van der Waals surface area contributed by atoms with Gasteiger partial charge in [-0.2, -0.15) is 0 Å². The number of carbonyl (C=O) groups is 1. The third-order valence-electron chi connectivity index (χ3n) is 3.39. The van der Waals surface area contributed by atoms with Gasteiger partial charge in [-0.15, -0.1) is 11.3 Å². The van der Waals surface area contributed by atoms with E-state index in [2.05, 4.69) is 20.3 Å². The largest absolute Gasteiger partial charge is 0.340 e. The maximum absolute atomic E-state index is 12.2. The Bertz CT molecular complexity index is 734. The molecule has 0 aliphatic heterocycles. The Morgan fingerprint density at radius 2 is 2.27 bits per heavy atom. The lowest BCUT2D eigenvalue weighted by Gasteiger charge is -2.19. The summed E-state index contributed by atoms with van der Waals surface area (Å²) in [7, 11) is 1.75. The number of hydrogen-bond donors (Lipinski definition) is 2. The molecule has 7 heteroatoms. The van der Waals surface area contributed by atoms with Crippen molar-refractivity contribution in [3.8, 4) is 0 Å². The number of para-hydroxylation sites is 2. The Hall–Kier alpha value is -2.41. The van der Waals surface area contributed by atoms with Crippen molar-refractivity contribution in [1.29, 1.82) is 0 Å². The molecule has 1 atom stereocenters. The maximum atomic E-state index is 12.2. The minimum Gasteiger partial charge on any atom is -0.340 e. The number of urea groups is 1. The topological polar surface area (TPSA) is 73.9 Å². The first-order valence-corrected chi connectivity index (χ1v) is 7.91. The van der Waals surface area contributed by atoms with Crippen molar-refractivity contribution in [1.82, 2.24) is 25.2 Å². The Balaban J connectivity index is 1.65. The van der Waals surface area contributed by atoms with Gasteiger partial charge in [0.1, 0.15) is 5.82 Å². The summed E-state index contributed by atoms with van der Waals surface area (Å²) in [5.74, 6) is 0.747. The lowest BCUT2D eigenvalue weighted by Crippen LogP contribution is -2.38. The number of imidazole rings is 1. The van der Waals surface area contributed by atoms with Gasteiger partial charge in [0.2, 0.25) is 0 Å². The van der Waals surface area contributed by atoms with E-state index in [0.29, 0.717) is 6.54 Å². The van der Waals surface area contributed by atoms with Crippen LogP contribution in [-0.4, -0.2) is 32.9 Å². The standard InChI is InChI=1S/C15H17N5OS/c1-10(14-18-12-5-3-4-6-13(12)19-14)17-15(21)20(2)7-11-8-22-9-16-11/h3-6,8-10H,7H2,1-2H3,(H,17,21)(H,18,19)/t10-/m0/s1. The Labute approximate surface area is 132 Å². The summed E-state index contributed by atoms with van der Waals surface area (Å²) < 4.78 is 0. The summed E-state index contributed by atoms with van der Waals surface area (Å²) in [5, 5.41) is 4.88. The average Bonchev–Trinajstić information content (AvgIpc) is 3.15. The van der Waals surface area contributed by atoms with Crippen molar-refractivity contribution in [2.24, 2.45) is 0 Å². The van der Waals surface area contributed by atoms with E-state index in [-0.39, 0.29) is 12.1 Å². The highest BCUT2D eigenvalue weighted by Crippen LogP contribution is 2.15. The number of aromatic nitrogens is 3. The molecule has 0 aliphatic carbocycles. The van der Waals surface area contributed by atoms with Crippen LogP contribution in [0.4, 0.5) is 4.79 Å². The third-order valence-corrected chi connectivity index (χ3v) is 4.02. The van der Waals surface area contributed by atoms with Crippen molar-refractivity contribution in [2.45, 2.75) is 19.5 Å². The number of aromatic amines is 1. The van der Waals surface area contributed by atoms with Gasteiger partial charge in [-0.3, -0.25) is 0 Å². The number of carbonyl (C=O) groups excluding carboxylic acids is 1. The van der Waals surface area contributed by atoms with Crippen LogP contribution >= 0.6 is 11.3 Å². The molecule has 3 aromatic rings. The first-order valence-electron chi connectivity index (χ1n) is 6.97. The fraction of sp³-hybridized carbons (Fsp3) is 0.267. The molecule has 0 bridgehead atoms. The van der Waals surface area contributed by atoms with Crippen molar-refractivity contribution < 1.29 is 4.79 Å². The molecule has 1 aromatic carbocycles. The fourth-order valence-corrected chi connectivity index (χ4v) is 2.72. The van der Waals surface area contributed by atoms with Crippen LogP contribution in [0.25, 0.3) is 11.0 Å². The molecule has 3 rings (SSSR count). The zero-order valence-corrected chi connectivity index (χ0v) is 13.2. The molecule has 2 amide bonds. The van der Waals surface area contributed by atoms with Gasteiger partial charge in [-0.1, -0.05) is 12.1 Å². The molecular weight excluding hydrogens is 298 g/mol. The molecule has 0 unspecified atom stereocenters. The third kappa shape index (κ3) is 3.09. The van der Waals surface area contributed by atoms with E-state index in [1.54, 1.807) is 17.5 Å². The first-order chi connectivity index (χ1) is 10.6. The minimum absolute atomic E-state index is 0.152. The van der Waals surface area contributed by atoms with Crippen LogP contribution in [0.5, 0.6) is 0 Å². The predicted octanol–water partition coefficient (Wildman–Crippen LogP) is 2.92. The van der Waals surface area contributed by atoms with E-state index in [4.69, 9.17) is 0 Å². The highest BCUT2D eigenvalue weighted by molar-refractivity contribution is 7.07. The van der Waals surface area contributed by atoms with Crippen molar-refractivity contribution >= 4 is 28.4 Å². The van der Waals surface area contributed by atoms with Gasteiger partial charge in [0.15, 0.2) is 0 Å². The fourth-order valence-electron chi connectivity index (χ4n) is 2.17. The number of nitrogens with one attached hydrogen (secondary N) is 2. The quantitative estimate of drug-likeness (QED) is 0.777. The van der Waals surface area contributed by atoms with Crippen LogP contribution in [0.3, 0.4) is 0 Å². The van der Waals surface area contributed by atoms with Gasteiger partial charge in [0.05, 0.1) is 34.8 Å². The number of rotatable bonds is 4. The SMILES string of the molecule is C[C@H](NC(=O)N(C)Cc1cscn1)c1nc2ccccc2[nH]1. The number of benzene rings is 1. The number of fused-ring (bicyclic) bond motifs is 1.